The molecule has 0 saturated heterocycles. The van der Waals surface area contributed by atoms with Gasteiger partial charge in [0.2, 0.25) is 0 Å². The van der Waals surface area contributed by atoms with E-state index >= 15 is 0 Å². The summed E-state index contributed by atoms with van der Waals surface area (Å²) in [5.41, 5.74) is 7.90. The number of aromatic nitrogens is 7. The quantitative estimate of drug-likeness (QED) is 0.556. The van der Waals surface area contributed by atoms with Crippen LogP contribution >= 0.6 is 0 Å². The molecule has 0 radical (unpaired) electrons. The third-order valence-corrected chi connectivity index (χ3v) is 4.31. The fourth-order valence-corrected chi connectivity index (χ4v) is 2.97. The van der Waals surface area contributed by atoms with Gasteiger partial charge in [-0.2, -0.15) is 9.78 Å². The lowest BCUT2D eigenvalue weighted by atomic mass is 10.1. The number of anilines is 1. The summed E-state index contributed by atoms with van der Waals surface area (Å²) < 4.78 is 30.9. The number of halogens is 2. The molecule has 0 atom stereocenters. The first-order chi connectivity index (χ1) is 13.9. The van der Waals surface area contributed by atoms with Gasteiger partial charge in [-0.25, -0.2) is 13.8 Å². The lowest BCUT2D eigenvalue weighted by Crippen LogP contribution is -2.06. The number of pyridine rings is 1. The summed E-state index contributed by atoms with van der Waals surface area (Å²) in [6, 6.07) is 5.52. The Morgan fingerprint density at radius 1 is 1.14 bits per heavy atom. The van der Waals surface area contributed by atoms with E-state index in [0.29, 0.717) is 11.5 Å². The zero-order valence-corrected chi connectivity index (χ0v) is 15.8. The molecule has 148 valence electrons. The summed E-state index contributed by atoms with van der Waals surface area (Å²) in [5, 5.41) is 15.7. The number of hydrogen-bond donors (Lipinski definition) is 1. The molecular formula is C19H18F2N8. The highest BCUT2D eigenvalue weighted by Crippen LogP contribution is 2.30. The molecule has 0 bridgehead atoms. The second kappa shape index (κ2) is 7.38. The number of hydrogen-bond acceptors (Lipinski definition) is 6. The van der Waals surface area contributed by atoms with Crippen molar-refractivity contribution >= 4 is 5.82 Å². The van der Waals surface area contributed by atoms with Crippen LogP contribution in [0, 0.1) is 17.6 Å². The van der Waals surface area contributed by atoms with Crippen LogP contribution < -0.4 is 5.73 Å². The van der Waals surface area contributed by atoms with Crippen molar-refractivity contribution in [3.8, 4) is 28.2 Å². The Morgan fingerprint density at radius 2 is 1.97 bits per heavy atom. The monoisotopic (exact) mass is 396 g/mol. The Morgan fingerprint density at radius 3 is 2.76 bits per heavy atom. The zero-order chi connectivity index (χ0) is 20.5. The van der Waals surface area contributed by atoms with Crippen LogP contribution in [-0.4, -0.2) is 35.0 Å². The largest absolute Gasteiger partial charge is 0.383 e. The Labute approximate surface area is 165 Å². The minimum absolute atomic E-state index is 0.125. The summed E-state index contributed by atoms with van der Waals surface area (Å²) in [5.74, 6) is -1.29. The van der Waals surface area contributed by atoms with Crippen LogP contribution in [0.15, 0.2) is 42.9 Å². The number of nitrogen functional groups attached to an aromatic ring is 1. The van der Waals surface area contributed by atoms with Gasteiger partial charge in [-0.1, -0.05) is 19.9 Å². The molecule has 0 aliphatic carbocycles. The standard InChI is InChI=1S/C19H18F2N8/c1-11(2)9-28-10-13(8-24-28)12-6-14(18(22)23-7-12)19-25-26-27-29(19)16-5-3-4-15(20)17(16)21/h3-8,10-11H,9H2,1-2H3,(H2,22,23). The van der Waals surface area contributed by atoms with Crippen LogP contribution in [0.1, 0.15) is 13.8 Å². The molecular weight excluding hydrogens is 378 g/mol. The topological polar surface area (TPSA) is 100 Å². The SMILES string of the molecule is CC(C)Cn1cc(-c2cnc(N)c(-c3nnnn3-c3cccc(F)c3F)c2)cn1. The molecule has 3 aromatic heterocycles. The maximum Gasteiger partial charge on any atom is 0.190 e. The maximum absolute atomic E-state index is 14.3. The molecule has 0 unspecified atom stereocenters. The highest BCUT2D eigenvalue weighted by Gasteiger charge is 2.19. The van der Waals surface area contributed by atoms with E-state index in [0.717, 1.165) is 28.4 Å². The summed E-state index contributed by atoms with van der Waals surface area (Å²) in [7, 11) is 0. The van der Waals surface area contributed by atoms with Crippen molar-refractivity contribution in [2.45, 2.75) is 20.4 Å². The molecule has 0 saturated carbocycles. The molecule has 4 rings (SSSR count). The molecule has 3 heterocycles. The fourth-order valence-electron chi connectivity index (χ4n) is 2.97. The van der Waals surface area contributed by atoms with Crippen LogP contribution in [0.2, 0.25) is 0 Å². The first-order valence-corrected chi connectivity index (χ1v) is 8.95. The van der Waals surface area contributed by atoms with E-state index in [1.807, 2.05) is 10.9 Å². The minimum Gasteiger partial charge on any atom is -0.383 e. The Bertz CT molecular complexity index is 1160. The Kier molecular flexibility index (Phi) is 4.75. The summed E-state index contributed by atoms with van der Waals surface area (Å²) in [6.07, 6.45) is 5.26. The van der Waals surface area contributed by atoms with Gasteiger partial charge in [0.25, 0.3) is 0 Å². The lowest BCUT2D eigenvalue weighted by molar-refractivity contribution is 0.483. The van der Waals surface area contributed by atoms with E-state index in [-0.39, 0.29) is 17.3 Å². The second-order valence-corrected chi connectivity index (χ2v) is 6.99. The molecule has 0 fully saturated rings. The van der Waals surface area contributed by atoms with Crippen molar-refractivity contribution in [1.29, 1.82) is 0 Å². The van der Waals surface area contributed by atoms with Gasteiger partial charge in [0.15, 0.2) is 17.5 Å². The molecule has 1 aromatic carbocycles. The van der Waals surface area contributed by atoms with Crippen molar-refractivity contribution in [3.63, 3.8) is 0 Å². The molecule has 10 heteroatoms. The van der Waals surface area contributed by atoms with Crippen molar-refractivity contribution in [2.24, 2.45) is 5.92 Å². The average molecular weight is 396 g/mol. The van der Waals surface area contributed by atoms with Gasteiger partial charge in [0.05, 0.1) is 11.8 Å². The van der Waals surface area contributed by atoms with Crippen molar-refractivity contribution in [2.75, 3.05) is 5.73 Å². The van der Waals surface area contributed by atoms with Crippen LogP contribution in [0.5, 0.6) is 0 Å². The van der Waals surface area contributed by atoms with Gasteiger partial charge < -0.3 is 5.73 Å². The first kappa shape index (κ1) is 18.7. The van der Waals surface area contributed by atoms with Crippen molar-refractivity contribution < 1.29 is 8.78 Å². The van der Waals surface area contributed by atoms with Crippen LogP contribution in [0.3, 0.4) is 0 Å². The smallest absolute Gasteiger partial charge is 0.190 e. The second-order valence-electron chi connectivity index (χ2n) is 6.99. The predicted molar refractivity (Wildman–Crippen MR) is 103 cm³/mol. The molecule has 4 aromatic rings. The highest BCUT2D eigenvalue weighted by molar-refractivity contribution is 5.76. The van der Waals surface area contributed by atoms with Crippen LogP contribution in [-0.2, 0) is 6.54 Å². The predicted octanol–water partition coefficient (Wildman–Crippen LogP) is 3.10. The molecule has 0 amide bonds. The van der Waals surface area contributed by atoms with Crippen molar-refractivity contribution in [1.82, 2.24) is 35.0 Å². The molecule has 2 N–H and O–H groups in total. The van der Waals surface area contributed by atoms with Gasteiger partial charge in [0.1, 0.15) is 11.5 Å². The number of rotatable bonds is 5. The van der Waals surface area contributed by atoms with E-state index in [1.165, 1.54) is 12.1 Å². The van der Waals surface area contributed by atoms with E-state index in [1.54, 1.807) is 18.5 Å². The van der Waals surface area contributed by atoms with Gasteiger partial charge in [-0.05, 0) is 34.5 Å². The number of benzene rings is 1. The van der Waals surface area contributed by atoms with E-state index in [2.05, 4.69) is 39.5 Å². The minimum atomic E-state index is -1.06. The van der Waals surface area contributed by atoms with Crippen LogP contribution in [0.25, 0.3) is 28.2 Å². The normalized spacial score (nSPS) is 11.3. The van der Waals surface area contributed by atoms with Gasteiger partial charge in [-0.15, -0.1) is 5.10 Å². The average Bonchev–Trinajstić information content (AvgIpc) is 3.34. The van der Waals surface area contributed by atoms with Gasteiger partial charge in [0, 0.05) is 30.1 Å². The third-order valence-electron chi connectivity index (χ3n) is 4.31. The van der Waals surface area contributed by atoms with E-state index in [9.17, 15) is 8.78 Å². The first-order valence-electron chi connectivity index (χ1n) is 8.95. The highest BCUT2D eigenvalue weighted by atomic mass is 19.2. The molecule has 0 spiro atoms. The van der Waals surface area contributed by atoms with Crippen LogP contribution in [0.4, 0.5) is 14.6 Å². The molecule has 0 aliphatic rings. The summed E-state index contributed by atoms with van der Waals surface area (Å²) in [6.45, 7) is 5.00. The maximum atomic E-state index is 14.3. The third kappa shape index (κ3) is 3.56. The number of nitrogens with two attached hydrogens (primary N) is 1. The van der Waals surface area contributed by atoms with Crippen molar-refractivity contribution in [3.05, 3.63) is 54.5 Å². The fraction of sp³-hybridized carbons (Fsp3) is 0.211. The van der Waals surface area contributed by atoms with Gasteiger partial charge in [-0.3, -0.25) is 4.68 Å². The summed E-state index contributed by atoms with van der Waals surface area (Å²) >= 11 is 0. The summed E-state index contributed by atoms with van der Waals surface area (Å²) in [4.78, 5) is 4.22. The van der Waals surface area contributed by atoms with E-state index < -0.39 is 11.6 Å². The number of tetrazole rings is 1. The van der Waals surface area contributed by atoms with E-state index in [4.69, 9.17) is 5.73 Å². The molecule has 8 nitrogen and oxygen atoms in total. The lowest BCUT2D eigenvalue weighted by Gasteiger charge is -2.09. The Balaban J connectivity index is 1.78. The van der Waals surface area contributed by atoms with Gasteiger partial charge >= 0.3 is 0 Å². The molecule has 0 aliphatic heterocycles. The number of nitrogens with zero attached hydrogens (tertiary/aromatic N) is 7. The Hall–Kier alpha value is -3.69. The zero-order valence-electron chi connectivity index (χ0n) is 15.8. The molecule has 29 heavy (non-hydrogen) atoms.